The Morgan fingerprint density at radius 2 is 2.16 bits per heavy atom. The second kappa shape index (κ2) is 6.92. The summed E-state index contributed by atoms with van der Waals surface area (Å²) in [6.07, 6.45) is 4.96. The van der Waals surface area contributed by atoms with Gasteiger partial charge in [0, 0.05) is 11.6 Å². The average molecular weight is 260 g/mol. The highest BCUT2D eigenvalue weighted by Gasteiger charge is 2.21. The molecule has 0 bridgehead atoms. The topological polar surface area (TPSA) is 50.7 Å². The normalized spacial score (nSPS) is 21.1. The van der Waals surface area contributed by atoms with Gasteiger partial charge in [-0.1, -0.05) is 36.8 Å². The van der Waals surface area contributed by atoms with Gasteiger partial charge < -0.3 is 4.74 Å². The molecule has 0 aromatic heterocycles. The van der Waals surface area contributed by atoms with Crippen molar-refractivity contribution in [2.45, 2.75) is 32.1 Å². The molecule has 0 aliphatic heterocycles. The number of hydrogen-bond acceptors (Lipinski definition) is 3. The van der Waals surface area contributed by atoms with Crippen LogP contribution in [0.5, 0.6) is 0 Å². The number of benzene rings is 1. The number of nitrogens with one attached hydrogen (secondary N) is 1. The van der Waals surface area contributed by atoms with Crippen LogP contribution in [0.15, 0.2) is 35.4 Å². The van der Waals surface area contributed by atoms with Gasteiger partial charge in [-0.25, -0.2) is 10.2 Å². The number of hydrogen-bond donors (Lipinski definition) is 1. The predicted octanol–water partition coefficient (Wildman–Crippen LogP) is 3.13. The lowest BCUT2D eigenvalue weighted by atomic mass is 9.83. The van der Waals surface area contributed by atoms with Crippen LogP contribution in [0.1, 0.15) is 31.2 Å². The maximum Gasteiger partial charge on any atom is 0.427 e. The summed E-state index contributed by atoms with van der Waals surface area (Å²) >= 11 is 0. The molecule has 102 valence electrons. The Labute approximate surface area is 113 Å². The second-order valence-corrected chi connectivity index (χ2v) is 4.84. The van der Waals surface area contributed by atoms with Crippen molar-refractivity contribution >= 4 is 11.8 Å². The molecule has 1 aliphatic rings. The number of carbonyl (C=O) groups is 1. The minimum Gasteiger partial charge on any atom is -0.452 e. The van der Waals surface area contributed by atoms with E-state index in [-0.39, 0.29) is 0 Å². The highest BCUT2D eigenvalue weighted by molar-refractivity contribution is 5.88. The summed E-state index contributed by atoms with van der Waals surface area (Å²) in [5.41, 5.74) is 4.85. The van der Waals surface area contributed by atoms with Crippen LogP contribution in [0.25, 0.3) is 0 Å². The van der Waals surface area contributed by atoms with Gasteiger partial charge in [0.2, 0.25) is 0 Å². The van der Waals surface area contributed by atoms with Crippen molar-refractivity contribution in [3.63, 3.8) is 0 Å². The number of carbonyl (C=O) groups excluding carboxylic acids is 1. The van der Waals surface area contributed by atoms with E-state index in [1.165, 1.54) is 19.1 Å². The Balaban J connectivity index is 2.01. The molecule has 19 heavy (non-hydrogen) atoms. The minimum absolute atomic E-state index is 0.424. The van der Waals surface area contributed by atoms with Crippen molar-refractivity contribution in [3.05, 3.63) is 35.9 Å². The van der Waals surface area contributed by atoms with Crippen LogP contribution in [-0.4, -0.2) is 18.9 Å². The summed E-state index contributed by atoms with van der Waals surface area (Å²) < 4.78 is 4.54. The Morgan fingerprint density at radius 3 is 2.89 bits per heavy atom. The average Bonchev–Trinajstić information content (AvgIpc) is 2.47. The van der Waals surface area contributed by atoms with Crippen molar-refractivity contribution in [2.75, 3.05) is 7.11 Å². The zero-order valence-electron chi connectivity index (χ0n) is 11.3. The van der Waals surface area contributed by atoms with Gasteiger partial charge in [-0.15, -0.1) is 0 Å². The Hall–Kier alpha value is -1.84. The zero-order valence-corrected chi connectivity index (χ0v) is 11.3. The molecule has 1 aliphatic carbocycles. The summed E-state index contributed by atoms with van der Waals surface area (Å²) in [7, 11) is 1.35. The molecule has 1 N–H and O–H groups in total. The molecule has 0 spiro atoms. The lowest BCUT2D eigenvalue weighted by molar-refractivity contribution is 0.171. The fourth-order valence-corrected chi connectivity index (χ4v) is 2.50. The molecule has 1 aromatic rings. The summed E-state index contributed by atoms with van der Waals surface area (Å²) in [4.78, 5) is 11.1. The Bertz CT molecular complexity index is 443. The van der Waals surface area contributed by atoms with E-state index in [1.807, 2.05) is 6.07 Å². The Morgan fingerprint density at radius 1 is 1.37 bits per heavy atom. The van der Waals surface area contributed by atoms with Crippen LogP contribution >= 0.6 is 0 Å². The molecule has 1 saturated carbocycles. The van der Waals surface area contributed by atoms with Gasteiger partial charge in [0.05, 0.1) is 7.11 Å². The zero-order chi connectivity index (χ0) is 13.5. The molecular formula is C15H20N2O2. The van der Waals surface area contributed by atoms with Crippen molar-refractivity contribution < 1.29 is 9.53 Å². The SMILES string of the molecule is COC(=O)N/N=C1\CCCCC1Cc1ccccc1. The standard InChI is InChI=1S/C15H20N2O2/c1-19-15(18)17-16-14-10-6-5-9-13(14)11-12-7-3-2-4-8-12/h2-4,7-8,13H,5-6,9-11H2,1H3,(H,17,18)/b16-14+. The second-order valence-electron chi connectivity index (χ2n) is 4.84. The van der Waals surface area contributed by atoms with Crippen LogP contribution in [0.4, 0.5) is 4.79 Å². The number of amides is 1. The van der Waals surface area contributed by atoms with E-state index < -0.39 is 6.09 Å². The van der Waals surface area contributed by atoms with E-state index in [9.17, 15) is 4.79 Å². The summed E-state index contributed by atoms with van der Waals surface area (Å²) in [5.74, 6) is 0.424. The highest BCUT2D eigenvalue weighted by atomic mass is 16.5. The number of nitrogens with zero attached hydrogens (tertiary/aromatic N) is 1. The van der Waals surface area contributed by atoms with Crippen LogP contribution in [-0.2, 0) is 11.2 Å². The van der Waals surface area contributed by atoms with Gasteiger partial charge in [-0.3, -0.25) is 0 Å². The molecule has 1 aromatic carbocycles. The molecule has 2 rings (SSSR count). The van der Waals surface area contributed by atoms with E-state index in [0.717, 1.165) is 31.4 Å². The molecule has 4 heteroatoms. The number of ether oxygens (including phenoxy) is 1. The first-order chi connectivity index (χ1) is 9.29. The molecule has 0 saturated heterocycles. The largest absolute Gasteiger partial charge is 0.452 e. The third kappa shape index (κ3) is 4.09. The van der Waals surface area contributed by atoms with E-state index >= 15 is 0 Å². The maximum atomic E-state index is 11.1. The molecule has 0 radical (unpaired) electrons. The fourth-order valence-electron chi connectivity index (χ4n) is 2.50. The molecule has 4 nitrogen and oxygen atoms in total. The molecule has 1 amide bonds. The predicted molar refractivity (Wildman–Crippen MR) is 75.1 cm³/mol. The van der Waals surface area contributed by atoms with Crippen LogP contribution in [0.3, 0.4) is 0 Å². The lowest BCUT2D eigenvalue weighted by Gasteiger charge is -2.24. The van der Waals surface area contributed by atoms with Crippen molar-refractivity contribution in [3.8, 4) is 0 Å². The van der Waals surface area contributed by atoms with E-state index in [0.29, 0.717) is 5.92 Å². The van der Waals surface area contributed by atoms with E-state index in [1.54, 1.807) is 0 Å². The van der Waals surface area contributed by atoms with Crippen molar-refractivity contribution in [1.29, 1.82) is 0 Å². The number of methoxy groups -OCH3 is 1. The molecule has 1 fully saturated rings. The first kappa shape index (κ1) is 13.6. The van der Waals surface area contributed by atoms with Crippen molar-refractivity contribution in [1.82, 2.24) is 5.43 Å². The quantitative estimate of drug-likeness (QED) is 0.849. The Kier molecular flexibility index (Phi) is 4.95. The first-order valence-electron chi connectivity index (χ1n) is 6.74. The molecule has 1 atom stereocenters. The van der Waals surface area contributed by atoms with Crippen molar-refractivity contribution in [2.24, 2.45) is 11.0 Å². The van der Waals surface area contributed by atoms with Gasteiger partial charge in [0.15, 0.2) is 0 Å². The third-order valence-corrected chi connectivity index (χ3v) is 3.51. The van der Waals surface area contributed by atoms with E-state index in [2.05, 4.69) is 39.5 Å². The van der Waals surface area contributed by atoms with Gasteiger partial charge in [-0.2, -0.15) is 5.10 Å². The summed E-state index contributed by atoms with van der Waals surface area (Å²) in [6.45, 7) is 0. The summed E-state index contributed by atoms with van der Waals surface area (Å²) in [6, 6.07) is 10.4. The monoisotopic (exact) mass is 260 g/mol. The molecule has 1 unspecified atom stereocenters. The minimum atomic E-state index is -0.503. The van der Waals surface area contributed by atoms with Crippen LogP contribution in [0, 0.1) is 5.92 Å². The van der Waals surface area contributed by atoms with Crippen LogP contribution in [0.2, 0.25) is 0 Å². The molecular weight excluding hydrogens is 240 g/mol. The fraction of sp³-hybridized carbons (Fsp3) is 0.467. The lowest BCUT2D eigenvalue weighted by Crippen LogP contribution is -2.26. The third-order valence-electron chi connectivity index (χ3n) is 3.51. The van der Waals surface area contributed by atoms with Gasteiger partial charge in [0.25, 0.3) is 0 Å². The van der Waals surface area contributed by atoms with Gasteiger partial charge in [0.1, 0.15) is 0 Å². The van der Waals surface area contributed by atoms with E-state index in [4.69, 9.17) is 0 Å². The maximum absolute atomic E-state index is 11.1. The first-order valence-corrected chi connectivity index (χ1v) is 6.74. The number of rotatable bonds is 3. The summed E-state index contributed by atoms with van der Waals surface area (Å²) in [5, 5.41) is 4.22. The van der Waals surface area contributed by atoms with Gasteiger partial charge >= 0.3 is 6.09 Å². The highest BCUT2D eigenvalue weighted by Crippen LogP contribution is 2.25. The van der Waals surface area contributed by atoms with Crippen LogP contribution < -0.4 is 5.43 Å². The van der Waals surface area contributed by atoms with Gasteiger partial charge in [-0.05, 0) is 31.2 Å². The number of hydrazone groups is 1. The molecule has 0 heterocycles. The smallest absolute Gasteiger partial charge is 0.427 e.